The maximum atomic E-state index is 3.63. The lowest BCUT2D eigenvalue weighted by molar-refractivity contribution is 0.135. The van der Waals surface area contributed by atoms with E-state index in [-0.39, 0.29) is 0 Å². The molecule has 0 saturated carbocycles. The standard InChI is InChI=1S/C17H28N2/c1-4-17-13-19(15(3)12-18-17)11-10-14(2)16-8-6-5-7-9-16/h5-9,14-15,17-18H,4,10-13H2,1-3H3. The third-order valence-electron chi connectivity index (χ3n) is 4.49. The summed E-state index contributed by atoms with van der Waals surface area (Å²) in [5.74, 6) is 0.656. The van der Waals surface area contributed by atoms with E-state index in [1.807, 2.05) is 0 Å². The van der Waals surface area contributed by atoms with Crippen molar-refractivity contribution in [3.8, 4) is 0 Å². The van der Waals surface area contributed by atoms with Gasteiger partial charge in [-0.05, 0) is 37.8 Å². The second kappa shape index (κ2) is 7.06. The topological polar surface area (TPSA) is 15.3 Å². The Morgan fingerprint density at radius 3 is 2.74 bits per heavy atom. The van der Waals surface area contributed by atoms with Crippen LogP contribution >= 0.6 is 0 Å². The summed E-state index contributed by atoms with van der Waals surface area (Å²) < 4.78 is 0. The monoisotopic (exact) mass is 260 g/mol. The minimum atomic E-state index is 0.656. The molecule has 1 N–H and O–H groups in total. The van der Waals surface area contributed by atoms with Crippen LogP contribution in [-0.4, -0.2) is 36.6 Å². The summed E-state index contributed by atoms with van der Waals surface area (Å²) in [6.07, 6.45) is 2.49. The van der Waals surface area contributed by atoms with Gasteiger partial charge in [-0.15, -0.1) is 0 Å². The van der Waals surface area contributed by atoms with Crippen LogP contribution in [0.1, 0.15) is 45.1 Å². The molecule has 1 aromatic rings. The van der Waals surface area contributed by atoms with Crippen molar-refractivity contribution in [2.45, 2.75) is 51.6 Å². The zero-order valence-electron chi connectivity index (χ0n) is 12.6. The third kappa shape index (κ3) is 4.05. The first kappa shape index (κ1) is 14.5. The Morgan fingerprint density at radius 1 is 1.32 bits per heavy atom. The van der Waals surface area contributed by atoms with Gasteiger partial charge >= 0.3 is 0 Å². The summed E-state index contributed by atoms with van der Waals surface area (Å²) in [6.45, 7) is 10.5. The van der Waals surface area contributed by atoms with Gasteiger partial charge in [0.1, 0.15) is 0 Å². The number of hydrogen-bond donors (Lipinski definition) is 1. The van der Waals surface area contributed by atoms with Crippen LogP contribution in [0.15, 0.2) is 30.3 Å². The molecule has 1 aliphatic rings. The number of hydrogen-bond acceptors (Lipinski definition) is 2. The number of nitrogens with zero attached hydrogens (tertiary/aromatic N) is 1. The van der Waals surface area contributed by atoms with Crippen LogP contribution in [-0.2, 0) is 0 Å². The van der Waals surface area contributed by atoms with Gasteiger partial charge in [0.15, 0.2) is 0 Å². The first-order chi connectivity index (χ1) is 9.20. The summed E-state index contributed by atoms with van der Waals surface area (Å²) in [6, 6.07) is 12.2. The Kier molecular flexibility index (Phi) is 5.41. The maximum absolute atomic E-state index is 3.63. The van der Waals surface area contributed by atoms with E-state index >= 15 is 0 Å². The average Bonchev–Trinajstić information content (AvgIpc) is 2.47. The summed E-state index contributed by atoms with van der Waals surface area (Å²) in [5, 5.41) is 3.63. The van der Waals surface area contributed by atoms with Crippen molar-refractivity contribution in [2.24, 2.45) is 0 Å². The summed E-state index contributed by atoms with van der Waals surface area (Å²) in [4.78, 5) is 2.66. The molecule has 2 heteroatoms. The van der Waals surface area contributed by atoms with Gasteiger partial charge in [0.05, 0.1) is 0 Å². The van der Waals surface area contributed by atoms with E-state index in [2.05, 4.69) is 61.3 Å². The van der Waals surface area contributed by atoms with Gasteiger partial charge in [-0.2, -0.15) is 0 Å². The van der Waals surface area contributed by atoms with Gasteiger partial charge in [-0.25, -0.2) is 0 Å². The molecule has 106 valence electrons. The van der Waals surface area contributed by atoms with Gasteiger partial charge in [-0.3, -0.25) is 4.90 Å². The third-order valence-corrected chi connectivity index (χ3v) is 4.49. The SMILES string of the molecule is CCC1CN(CCC(C)c2ccccc2)C(C)CN1. The van der Waals surface area contributed by atoms with E-state index < -0.39 is 0 Å². The zero-order valence-corrected chi connectivity index (χ0v) is 12.6. The molecule has 0 radical (unpaired) electrons. The molecule has 2 nitrogen and oxygen atoms in total. The Hall–Kier alpha value is -0.860. The van der Waals surface area contributed by atoms with Crippen LogP contribution in [0.2, 0.25) is 0 Å². The van der Waals surface area contributed by atoms with Crippen LogP contribution in [0.3, 0.4) is 0 Å². The molecule has 1 aromatic carbocycles. The summed E-state index contributed by atoms with van der Waals surface area (Å²) in [7, 11) is 0. The van der Waals surface area contributed by atoms with E-state index in [0.717, 1.165) is 6.54 Å². The Morgan fingerprint density at radius 2 is 2.05 bits per heavy atom. The van der Waals surface area contributed by atoms with Crippen molar-refractivity contribution in [2.75, 3.05) is 19.6 Å². The lowest BCUT2D eigenvalue weighted by atomic mass is 9.97. The van der Waals surface area contributed by atoms with E-state index in [4.69, 9.17) is 0 Å². The summed E-state index contributed by atoms with van der Waals surface area (Å²) in [5.41, 5.74) is 1.47. The average molecular weight is 260 g/mol. The van der Waals surface area contributed by atoms with Gasteiger partial charge in [0, 0.05) is 25.2 Å². The minimum Gasteiger partial charge on any atom is -0.311 e. The van der Waals surface area contributed by atoms with E-state index in [1.165, 1.54) is 31.5 Å². The first-order valence-electron chi connectivity index (χ1n) is 7.73. The Labute approximate surface area is 118 Å². The zero-order chi connectivity index (χ0) is 13.7. The number of rotatable bonds is 5. The van der Waals surface area contributed by atoms with Gasteiger partial charge in [-0.1, -0.05) is 44.2 Å². The lowest BCUT2D eigenvalue weighted by Crippen LogP contribution is -2.55. The van der Waals surface area contributed by atoms with Gasteiger partial charge in [0.25, 0.3) is 0 Å². The number of piperazine rings is 1. The Balaban J connectivity index is 1.84. The van der Waals surface area contributed by atoms with Crippen molar-refractivity contribution in [1.82, 2.24) is 10.2 Å². The molecule has 0 aliphatic carbocycles. The fourth-order valence-corrected chi connectivity index (χ4v) is 2.89. The molecule has 1 aliphatic heterocycles. The highest BCUT2D eigenvalue weighted by atomic mass is 15.2. The van der Waals surface area contributed by atoms with Crippen molar-refractivity contribution < 1.29 is 0 Å². The molecule has 3 unspecified atom stereocenters. The predicted molar refractivity (Wildman–Crippen MR) is 82.6 cm³/mol. The summed E-state index contributed by atoms with van der Waals surface area (Å²) >= 11 is 0. The predicted octanol–water partition coefficient (Wildman–Crippen LogP) is 3.25. The molecular formula is C17H28N2. The molecule has 19 heavy (non-hydrogen) atoms. The first-order valence-corrected chi connectivity index (χ1v) is 7.73. The van der Waals surface area contributed by atoms with Crippen molar-refractivity contribution >= 4 is 0 Å². The molecule has 0 bridgehead atoms. The molecular weight excluding hydrogens is 232 g/mol. The van der Waals surface area contributed by atoms with E-state index in [9.17, 15) is 0 Å². The van der Waals surface area contributed by atoms with Crippen molar-refractivity contribution in [3.63, 3.8) is 0 Å². The van der Waals surface area contributed by atoms with Gasteiger partial charge in [0.2, 0.25) is 0 Å². The number of benzene rings is 1. The molecule has 2 rings (SSSR count). The van der Waals surface area contributed by atoms with E-state index in [1.54, 1.807) is 0 Å². The maximum Gasteiger partial charge on any atom is 0.0193 e. The fraction of sp³-hybridized carbons (Fsp3) is 0.647. The highest BCUT2D eigenvalue weighted by molar-refractivity contribution is 5.18. The molecule has 1 heterocycles. The Bertz CT molecular complexity index is 363. The van der Waals surface area contributed by atoms with E-state index in [0.29, 0.717) is 18.0 Å². The second-order valence-electron chi connectivity index (χ2n) is 5.96. The quantitative estimate of drug-likeness (QED) is 0.874. The fourth-order valence-electron chi connectivity index (χ4n) is 2.89. The minimum absolute atomic E-state index is 0.656. The van der Waals surface area contributed by atoms with Crippen molar-refractivity contribution in [1.29, 1.82) is 0 Å². The molecule has 1 fully saturated rings. The van der Waals surface area contributed by atoms with Crippen LogP contribution < -0.4 is 5.32 Å². The van der Waals surface area contributed by atoms with Crippen LogP contribution in [0.5, 0.6) is 0 Å². The molecule has 1 saturated heterocycles. The van der Waals surface area contributed by atoms with Crippen molar-refractivity contribution in [3.05, 3.63) is 35.9 Å². The highest BCUT2D eigenvalue weighted by Gasteiger charge is 2.23. The van der Waals surface area contributed by atoms with Crippen LogP contribution in [0.25, 0.3) is 0 Å². The van der Waals surface area contributed by atoms with Crippen LogP contribution in [0, 0.1) is 0 Å². The highest BCUT2D eigenvalue weighted by Crippen LogP contribution is 2.20. The lowest BCUT2D eigenvalue weighted by Gasteiger charge is -2.39. The number of nitrogens with one attached hydrogen (secondary N) is 1. The van der Waals surface area contributed by atoms with Crippen LogP contribution in [0.4, 0.5) is 0 Å². The molecule has 0 amide bonds. The van der Waals surface area contributed by atoms with Gasteiger partial charge < -0.3 is 5.32 Å². The molecule has 3 atom stereocenters. The molecule has 0 spiro atoms. The smallest absolute Gasteiger partial charge is 0.0193 e. The normalized spacial score (nSPS) is 26.3. The molecule has 0 aromatic heterocycles. The largest absolute Gasteiger partial charge is 0.311 e. The second-order valence-corrected chi connectivity index (χ2v) is 5.96.